The molecule has 1 aromatic rings. The van der Waals surface area contributed by atoms with E-state index in [1.54, 1.807) is 0 Å². The summed E-state index contributed by atoms with van der Waals surface area (Å²) in [5, 5.41) is 9.40. The van der Waals surface area contributed by atoms with E-state index >= 15 is 0 Å². The fourth-order valence-corrected chi connectivity index (χ4v) is 2.78. The minimum Gasteiger partial charge on any atom is -0.396 e. The van der Waals surface area contributed by atoms with Crippen molar-refractivity contribution in [3.63, 3.8) is 0 Å². The number of hydrogen-bond acceptors (Lipinski definition) is 2. The molecule has 1 rings (SSSR count). The highest BCUT2D eigenvalue weighted by atomic mass is 79.9. The van der Waals surface area contributed by atoms with E-state index in [9.17, 15) is 5.11 Å². The molecule has 0 radical (unpaired) electrons. The van der Waals surface area contributed by atoms with Gasteiger partial charge < -0.3 is 5.11 Å². The second-order valence-electron chi connectivity index (χ2n) is 3.77. The Bertz CT molecular complexity index is 304. The largest absolute Gasteiger partial charge is 0.396 e. The van der Waals surface area contributed by atoms with E-state index in [4.69, 9.17) is 0 Å². The number of benzene rings is 1. The molecular weight excluding hydrogens is 284 g/mol. The molecule has 0 aliphatic carbocycles. The summed E-state index contributed by atoms with van der Waals surface area (Å²) in [4.78, 5) is 0. The van der Waals surface area contributed by atoms with Crippen molar-refractivity contribution in [3.05, 3.63) is 34.3 Å². The van der Waals surface area contributed by atoms with Crippen LogP contribution in [0.3, 0.4) is 0 Å². The van der Waals surface area contributed by atoms with Crippen LogP contribution in [0.5, 0.6) is 0 Å². The number of rotatable bonds is 7. The van der Waals surface area contributed by atoms with Gasteiger partial charge in [-0.25, -0.2) is 0 Å². The summed E-state index contributed by atoms with van der Waals surface area (Å²) in [7, 11) is 0. The van der Waals surface area contributed by atoms with Gasteiger partial charge in [-0.3, -0.25) is 0 Å². The highest BCUT2D eigenvalue weighted by molar-refractivity contribution is 9.10. The van der Waals surface area contributed by atoms with Crippen LogP contribution in [-0.2, 0) is 0 Å². The van der Waals surface area contributed by atoms with Crippen LogP contribution in [0.15, 0.2) is 28.7 Å². The lowest BCUT2D eigenvalue weighted by molar-refractivity contribution is 0.258. The Hall–Kier alpha value is 0.01000. The lowest BCUT2D eigenvalue weighted by Crippen LogP contribution is -2.04. The second-order valence-corrected chi connectivity index (χ2v) is 6.08. The minimum atomic E-state index is 0.243. The zero-order chi connectivity index (χ0) is 11.8. The van der Waals surface area contributed by atoms with Crippen LogP contribution in [0.4, 0.5) is 0 Å². The zero-order valence-electron chi connectivity index (χ0n) is 9.66. The van der Waals surface area contributed by atoms with Gasteiger partial charge in [0.05, 0.1) is 0 Å². The molecule has 0 bridgehead atoms. The van der Waals surface area contributed by atoms with E-state index in [1.165, 1.54) is 23.5 Å². The molecule has 0 saturated carbocycles. The molecule has 3 heteroatoms. The first-order valence-electron chi connectivity index (χ1n) is 5.72. The van der Waals surface area contributed by atoms with Gasteiger partial charge in [-0.15, -0.1) is 0 Å². The molecule has 0 aromatic heterocycles. The molecule has 0 saturated heterocycles. The van der Waals surface area contributed by atoms with Crippen LogP contribution in [0.1, 0.15) is 31.2 Å². The molecule has 0 aliphatic heterocycles. The van der Waals surface area contributed by atoms with E-state index in [0.29, 0.717) is 0 Å². The third kappa shape index (κ3) is 4.89. The average Bonchev–Trinajstić information content (AvgIpc) is 2.29. The number of hydrogen-bond donors (Lipinski definition) is 1. The number of aliphatic hydroxyl groups excluding tert-OH is 1. The van der Waals surface area contributed by atoms with Gasteiger partial charge in [-0.2, -0.15) is 11.8 Å². The molecule has 0 spiro atoms. The smallest absolute Gasteiger partial charge is 0.0499 e. The monoisotopic (exact) mass is 302 g/mol. The molecule has 0 heterocycles. The van der Waals surface area contributed by atoms with Gasteiger partial charge in [0, 0.05) is 17.0 Å². The van der Waals surface area contributed by atoms with Crippen LogP contribution in [-0.4, -0.2) is 23.2 Å². The van der Waals surface area contributed by atoms with Gasteiger partial charge in [0.15, 0.2) is 0 Å². The van der Waals surface area contributed by atoms with Crippen LogP contribution in [0.2, 0.25) is 0 Å². The van der Waals surface area contributed by atoms with Crippen molar-refractivity contribution in [1.29, 1.82) is 0 Å². The third-order valence-corrected chi connectivity index (χ3v) is 4.06. The summed E-state index contributed by atoms with van der Waals surface area (Å²) in [6.45, 7) is 2.43. The highest BCUT2D eigenvalue weighted by Crippen LogP contribution is 2.24. The molecule has 0 fully saturated rings. The molecule has 0 amide bonds. The summed E-state index contributed by atoms with van der Waals surface area (Å²) < 4.78 is 1.09. The maximum atomic E-state index is 9.40. The first-order chi connectivity index (χ1) is 7.77. The first-order valence-corrected chi connectivity index (χ1v) is 7.66. The van der Waals surface area contributed by atoms with Crippen molar-refractivity contribution in [1.82, 2.24) is 0 Å². The Kier molecular flexibility index (Phi) is 7.17. The van der Waals surface area contributed by atoms with E-state index < -0.39 is 0 Å². The van der Waals surface area contributed by atoms with Gasteiger partial charge in [0.25, 0.3) is 0 Å². The molecular formula is C13H19BrOS. The van der Waals surface area contributed by atoms with E-state index in [2.05, 4.69) is 35.0 Å². The van der Waals surface area contributed by atoms with Gasteiger partial charge in [-0.05, 0) is 42.0 Å². The molecule has 1 nitrogen and oxygen atoms in total. The summed E-state index contributed by atoms with van der Waals surface area (Å²) in [5.74, 6) is 2.66. The van der Waals surface area contributed by atoms with Crippen molar-refractivity contribution < 1.29 is 5.11 Å². The Labute approximate surface area is 111 Å². The molecule has 1 aromatic carbocycles. The van der Waals surface area contributed by atoms with Crippen molar-refractivity contribution in [2.24, 2.45) is 0 Å². The summed E-state index contributed by atoms with van der Waals surface area (Å²) in [6, 6.07) is 8.25. The summed E-state index contributed by atoms with van der Waals surface area (Å²) >= 11 is 5.43. The predicted molar refractivity (Wildman–Crippen MR) is 76.2 cm³/mol. The SMILES string of the molecule is CCSCCCC(CO)c1cccc(Br)c1. The number of thioether (sulfide) groups is 1. The quantitative estimate of drug-likeness (QED) is 0.767. The molecule has 16 heavy (non-hydrogen) atoms. The van der Waals surface area contributed by atoms with Crippen molar-refractivity contribution in [2.75, 3.05) is 18.1 Å². The Morgan fingerprint density at radius 3 is 2.88 bits per heavy atom. The van der Waals surface area contributed by atoms with Crippen LogP contribution >= 0.6 is 27.7 Å². The summed E-state index contributed by atoms with van der Waals surface area (Å²) in [6.07, 6.45) is 2.25. The lowest BCUT2D eigenvalue weighted by Gasteiger charge is -2.14. The summed E-state index contributed by atoms with van der Waals surface area (Å²) in [5.41, 5.74) is 1.23. The van der Waals surface area contributed by atoms with E-state index in [1.807, 2.05) is 23.9 Å². The van der Waals surface area contributed by atoms with Crippen molar-refractivity contribution in [2.45, 2.75) is 25.7 Å². The Balaban J connectivity index is 2.47. The molecule has 90 valence electrons. The normalized spacial score (nSPS) is 12.7. The maximum Gasteiger partial charge on any atom is 0.0499 e. The van der Waals surface area contributed by atoms with Crippen LogP contribution < -0.4 is 0 Å². The van der Waals surface area contributed by atoms with Crippen molar-refractivity contribution in [3.8, 4) is 0 Å². The second kappa shape index (κ2) is 8.15. The van der Waals surface area contributed by atoms with Crippen LogP contribution in [0.25, 0.3) is 0 Å². The first kappa shape index (κ1) is 14.1. The molecule has 1 N–H and O–H groups in total. The molecule has 1 unspecified atom stereocenters. The van der Waals surface area contributed by atoms with E-state index in [0.717, 1.165) is 10.9 Å². The predicted octanol–water partition coefficient (Wildman–Crippen LogP) is 4.06. The Morgan fingerprint density at radius 2 is 2.25 bits per heavy atom. The maximum absolute atomic E-state index is 9.40. The standard InChI is InChI=1S/C13H19BrOS/c1-2-16-8-4-6-12(10-15)11-5-3-7-13(14)9-11/h3,5,7,9,12,15H,2,4,6,8,10H2,1H3. The zero-order valence-corrected chi connectivity index (χ0v) is 12.1. The fourth-order valence-electron chi connectivity index (χ4n) is 1.70. The fraction of sp³-hybridized carbons (Fsp3) is 0.538. The van der Waals surface area contributed by atoms with Crippen LogP contribution in [0, 0.1) is 0 Å². The number of aliphatic hydroxyl groups is 1. The van der Waals surface area contributed by atoms with Crippen molar-refractivity contribution >= 4 is 27.7 Å². The van der Waals surface area contributed by atoms with Gasteiger partial charge in [0.1, 0.15) is 0 Å². The topological polar surface area (TPSA) is 20.2 Å². The lowest BCUT2D eigenvalue weighted by atomic mass is 9.95. The van der Waals surface area contributed by atoms with E-state index in [-0.39, 0.29) is 12.5 Å². The average molecular weight is 303 g/mol. The van der Waals surface area contributed by atoms with Gasteiger partial charge >= 0.3 is 0 Å². The number of halogens is 1. The highest BCUT2D eigenvalue weighted by Gasteiger charge is 2.10. The molecule has 1 atom stereocenters. The molecule has 0 aliphatic rings. The minimum absolute atomic E-state index is 0.243. The van der Waals surface area contributed by atoms with Gasteiger partial charge in [0.2, 0.25) is 0 Å². The van der Waals surface area contributed by atoms with Gasteiger partial charge in [-0.1, -0.05) is 35.0 Å². The Morgan fingerprint density at radius 1 is 1.44 bits per heavy atom. The third-order valence-electron chi connectivity index (χ3n) is 2.59.